The van der Waals surface area contributed by atoms with E-state index in [0.717, 1.165) is 0 Å². The second kappa shape index (κ2) is 5.80. The molecule has 1 heterocycles. The Morgan fingerprint density at radius 2 is 2.33 bits per heavy atom. The van der Waals surface area contributed by atoms with Crippen molar-refractivity contribution in [2.24, 2.45) is 0 Å². The van der Waals surface area contributed by atoms with Gasteiger partial charge in [-0.1, -0.05) is 22.0 Å². The van der Waals surface area contributed by atoms with E-state index in [2.05, 4.69) is 15.9 Å². The minimum absolute atomic E-state index is 0.0196. The first kappa shape index (κ1) is 13.5. The molecule has 0 aliphatic carbocycles. The maximum atomic E-state index is 13.5. The van der Waals surface area contributed by atoms with Gasteiger partial charge in [0.05, 0.1) is 6.10 Å². The monoisotopic (exact) mass is 315 g/mol. The van der Waals surface area contributed by atoms with Crippen LogP contribution in [-0.2, 0) is 11.2 Å². The van der Waals surface area contributed by atoms with Gasteiger partial charge in [-0.25, -0.2) is 4.39 Å². The summed E-state index contributed by atoms with van der Waals surface area (Å²) in [5.41, 5.74) is 0.547. The van der Waals surface area contributed by atoms with Gasteiger partial charge in [0.15, 0.2) is 0 Å². The maximum Gasteiger partial charge on any atom is 0.222 e. The van der Waals surface area contributed by atoms with Crippen molar-refractivity contribution in [1.29, 1.82) is 0 Å². The predicted molar refractivity (Wildman–Crippen MR) is 69.6 cm³/mol. The van der Waals surface area contributed by atoms with Crippen LogP contribution < -0.4 is 0 Å². The summed E-state index contributed by atoms with van der Waals surface area (Å²) in [6.45, 7) is 1.00. The van der Waals surface area contributed by atoms with Crippen LogP contribution in [0.25, 0.3) is 0 Å². The van der Waals surface area contributed by atoms with Crippen molar-refractivity contribution in [3.05, 3.63) is 34.1 Å². The molecule has 1 amide bonds. The molecule has 1 saturated heterocycles. The van der Waals surface area contributed by atoms with Crippen LogP contribution in [0.4, 0.5) is 4.39 Å². The number of halogens is 2. The van der Waals surface area contributed by atoms with E-state index in [1.807, 2.05) is 0 Å². The number of aryl methyl sites for hydroxylation is 1. The fourth-order valence-corrected chi connectivity index (χ4v) is 2.43. The molecule has 98 valence electrons. The molecule has 0 spiro atoms. The van der Waals surface area contributed by atoms with E-state index in [4.69, 9.17) is 0 Å². The standard InChI is InChI=1S/C13H15BrFNO2/c14-10-3-1-9(12(15)7-10)2-4-13(18)16-6-5-11(17)8-16/h1,3,7,11,17H,2,4-6,8H2/t11-/m1/s1. The Kier molecular flexibility index (Phi) is 4.35. The molecule has 0 saturated carbocycles. The summed E-state index contributed by atoms with van der Waals surface area (Å²) >= 11 is 3.19. The second-order valence-electron chi connectivity index (χ2n) is 4.52. The third-order valence-electron chi connectivity index (χ3n) is 3.14. The molecular formula is C13H15BrFNO2. The number of β-amino-alcohol motifs (C(OH)–C–C–N with tert-alkyl or cyclic N) is 1. The van der Waals surface area contributed by atoms with E-state index in [1.165, 1.54) is 6.07 Å². The molecule has 5 heteroatoms. The highest BCUT2D eigenvalue weighted by atomic mass is 79.9. The van der Waals surface area contributed by atoms with E-state index < -0.39 is 6.10 Å². The second-order valence-corrected chi connectivity index (χ2v) is 5.43. The molecule has 1 N–H and O–H groups in total. The summed E-state index contributed by atoms with van der Waals surface area (Å²) in [6.07, 6.45) is 0.909. The highest BCUT2D eigenvalue weighted by Gasteiger charge is 2.24. The fraction of sp³-hybridized carbons (Fsp3) is 0.462. The molecule has 0 aromatic heterocycles. The lowest BCUT2D eigenvalue weighted by atomic mass is 10.1. The van der Waals surface area contributed by atoms with Crippen molar-refractivity contribution >= 4 is 21.8 Å². The van der Waals surface area contributed by atoms with Crippen LogP contribution in [0, 0.1) is 5.82 Å². The van der Waals surface area contributed by atoms with Crippen LogP contribution in [0.5, 0.6) is 0 Å². The van der Waals surface area contributed by atoms with E-state index in [1.54, 1.807) is 17.0 Å². The normalized spacial score (nSPS) is 19.3. The van der Waals surface area contributed by atoms with Crippen LogP contribution in [0.15, 0.2) is 22.7 Å². The summed E-state index contributed by atoms with van der Waals surface area (Å²) in [7, 11) is 0. The summed E-state index contributed by atoms with van der Waals surface area (Å²) in [5, 5.41) is 9.35. The van der Waals surface area contributed by atoms with Crippen molar-refractivity contribution in [1.82, 2.24) is 4.90 Å². The van der Waals surface area contributed by atoms with E-state index in [0.29, 0.717) is 36.0 Å². The van der Waals surface area contributed by atoms with E-state index in [9.17, 15) is 14.3 Å². The average Bonchev–Trinajstić information content (AvgIpc) is 2.74. The smallest absolute Gasteiger partial charge is 0.222 e. The summed E-state index contributed by atoms with van der Waals surface area (Å²) in [6, 6.07) is 4.85. The molecule has 3 nitrogen and oxygen atoms in total. The van der Waals surface area contributed by atoms with Gasteiger partial charge in [0, 0.05) is 24.0 Å². The van der Waals surface area contributed by atoms with Crippen LogP contribution >= 0.6 is 15.9 Å². The number of aliphatic hydroxyl groups is 1. The van der Waals surface area contributed by atoms with Gasteiger partial charge >= 0.3 is 0 Å². The van der Waals surface area contributed by atoms with Crippen molar-refractivity contribution in [2.45, 2.75) is 25.4 Å². The molecule has 0 unspecified atom stereocenters. The van der Waals surface area contributed by atoms with Gasteiger partial charge in [0.2, 0.25) is 5.91 Å². The first-order valence-corrected chi connectivity index (χ1v) is 6.75. The van der Waals surface area contributed by atoms with Gasteiger partial charge in [0.25, 0.3) is 0 Å². The molecule has 1 aliphatic heterocycles. The average molecular weight is 316 g/mol. The van der Waals surface area contributed by atoms with E-state index >= 15 is 0 Å². The number of carbonyl (C=O) groups is 1. The number of rotatable bonds is 3. The Morgan fingerprint density at radius 3 is 2.94 bits per heavy atom. The number of hydrogen-bond acceptors (Lipinski definition) is 2. The zero-order chi connectivity index (χ0) is 13.1. The number of hydrogen-bond donors (Lipinski definition) is 1. The Balaban J connectivity index is 1.89. The molecule has 0 radical (unpaired) electrons. The molecule has 0 bridgehead atoms. The highest BCUT2D eigenvalue weighted by Crippen LogP contribution is 2.17. The van der Waals surface area contributed by atoms with Gasteiger partial charge in [-0.05, 0) is 30.5 Å². The summed E-state index contributed by atoms with van der Waals surface area (Å²) < 4.78 is 14.2. The van der Waals surface area contributed by atoms with Crippen LogP contribution in [0.3, 0.4) is 0 Å². The summed E-state index contributed by atoms with van der Waals surface area (Å²) in [4.78, 5) is 13.5. The number of nitrogens with zero attached hydrogens (tertiary/aromatic N) is 1. The van der Waals surface area contributed by atoms with Gasteiger partial charge in [-0.2, -0.15) is 0 Å². The molecule has 1 aromatic carbocycles. The lowest BCUT2D eigenvalue weighted by Gasteiger charge is -2.15. The fourth-order valence-electron chi connectivity index (χ4n) is 2.09. The maximum absolute atomic E-state index is 13.5. The molecule has 18 heavy (non-hydrogen) atoms. The van der Waals surface area contributed by atoms with Crippen LogP contribution in [-0.4, -0.2) is 35.1 Å². The summed E-state index contributed by atoms with van der Waals surface area (Å²) in [5.74, 6) is -0.312. The van der Waals surface area contributed by atoms with Gasteiger partial charge in [-0.3, -0.25) is 4.79 Å². The number of likely N-dealkylation sites (tertiary alicyclic amines) is 1. The van der Waals surface area contributed by atoms with Gasteiger partial charge < -0.3 is 10.0 Å². The van der Waals surface area contributed by atoms with Crippen molar-refractivity contribution in [3.63, 3.8) is 0 Å². The highest BCUT2D eigenvalue weighted by molar-refractivity contribution is 9.10. The number of benzene rings is 1. The number of amides is 1. The number of aliphatic hydroxyl groups excluding tert-OH is 1. The van der Waals surface area contributed by atoms with Gasteiger partial charge in [-0.15, -0.1) is 0 Å². The van der Waals surface area contributed by atoms with Crippen LogP contribution in [0.1, 0.15) is 18.4 Å². The van der Waals surface area contributed by atoms with Crippen molar-refractivity contribution < 1.29 is 14.3 Å². The lowest BCUT2D eigenvalue weighted by molar-refractivity contribution is -0.130. The zero-order valence-electron chi connectivity index (χ0n) is 9.90. The van der Waals surface area contributed by atoms with E-state index in [-0.39, 0.29) is 18.1 Å². The minimum Gasteiger partial charge on any atom is -0.391 e. The SMILES string of the molecule is O=C(CCc1ccc(Br)cc1F)N1CC[C@@H](O)C1. The number of carbonyl (C=O) groups excluding carboxylic acids is 1. The molecule has 1 fully saturated rings. The quantitative estimate of drug-likeness (QED) is 0.928. The third-order valence-corrected chi connectivity index (χ3v) is 3.63. The zero-order valence-corrected chi connectivity index (χ0v) is 11.5. The van der Waals surface area contributed by atoms with Crippen molar-refractivity contribution in [2.75, 3.05) is 13.1 Å². The van der Waals surface area contributed by atoms with Crippen molar-refractivity contribution in [3.8, 4) is 0 Å². The Hall–Kier alpha value is -0.940. The Bertz CT molecular complexity index is 453. The Labute approximate surface area is 114 Å². The first-order valence-electron chi connectivity index (χ1n) is 5.96. The minimum atomic E-state index is -0.404. The molecule has 1 aliphatic rings. The lowest BCUT2D eigenvalue weighted by Crippen LogP contribution is -2.29. The topological polar surface area (TPSA) is 40.5 Å². The molecule has 1 aromatic rings. The molecular weight excluding hydrogens is 301 g/mol. The Morgan fingerprint density at radius 1 is 1.56 bits per heavy atom. The third kappa shape index (κ3) is 3.29. The van der Waals surface area contributed by atoms with Gasteiger partial charge in [0.1, 0.15) is 5.82 Å². The molecule has 1 atom stereocenters. The largest absolute Gasteiger partial charge is 0.391 e. The first-order chi connectivity index (χ1) is 8.56. The predicted octanol–water partition coefficient (Wildman–Crippen LogP) is 2.11. The van der Waals surface area contributed by atoms with Crippen LogP contribution in [0.2, 0.25) is 0 Å². The molecule has 2 rings (SSSR count).